The second kappa shape index (κ2) is 2.49. The molecule has 0 aliphatic carbocycles. The number of hydrogen-bond donors (Lipinski definition) is 1. The smallest absolute Gasteiger partial charge is 0.339 e. The molecule has 1 atom stereocenters. The zero-order chi connectivity index (χ0) is 9.59. The van der Waals surface area contributed by atoms with E-state index >= 15 is 0 Å². The largest absolute Gasteiger partial charge is 0.508 e. The molecule has 68 valence electrons. The van der Waals surface area contributed by atoms with E-state index in [-0.39, 0.29) is 17.8 Å². The Morgan fingerprint density at radius 3 is 2.85 bits per heavy atom. The number of ether oxygens (including phenoxy) is 1. The summed E-state index contributed by atoms with van der Waals surface area (Å²) < 4.78 is 4.99. The van der Waals surface area contributed by atoms with Crippen LogP contribution in [0.25, 0.3) is 0 Å². The Hall–Kier alpha value is -1.51. The van der Waals surface area contributed by atoms with Crippen molar-refractivity contribution < 1.29 is 14.6 Å². The first-order valence-corrected chi connectivity index (χ1v) is 4.14. The molecule has 0 saturated carbocycles. The van der Waals surface area contributed by atoms with E-state index in [1.807, 2.05) is 0 Å². The molecule has 1 heterocycles. The van der Waals surface area contributed by atoms with E-state index in [0.29, 0.717) is 11.1 Å². The van der Waals surface area contributed by atoms with Crippen LogP contribution in [0.15, 0.2) is 12.1 Å². The summed E-state index contributed by atoms with van der Waals surface area (Å²) in [5.41, 5.74) is 2.04. The van der Waals surface area contributed by atoms with Gasteiger partial charge in [0.25, 0.3) is 0 Å². The lowest BCUT2D eigenvalue weighted by Gasteiger charge is -2.03. The number of benzene rings is 1. The lowest BCUT2D eigenvalue weighted by atomic mass is 10.0. The van der Waals surface area contributed by atoms with E-state index in [4.69, 9.17) is 4.74 Å². The Bertz CT molecular complexity index is 382. The van der Waals surface area contributed by atoms with Gasteiger partial charge in [-0.05, 0) is 31.5 Å². The molecule has 0 radical (unpaired) electrons. The highest BCUT2D eigenvalue weighted by atomic mass is 16.5. The molecule has 1 aromatic carbocycles. The summed E-state index contributed by atoms with van der Waals surface area (Å²) in [6.45, 7) is 3.55. The summed E-state index contributed by atoms with van der Waals surface area (Å²) in [6, 6.07) is 3.26. The SMILES string of the molecule is Cc1cc2c(cc1O)C(C)OC2=O. The fourth-order valence-electron chi connectivity index (χ4n) is 1.51. The number of rotatable bonds is 0. The molecule has 1 aliphatic rings. The predicted octanol–water partition coefficient (Wildman–Crippen LogP) is 1.93. The molecule has 0 fully saturated rings. The number of hydrogen-bond acceptors (Lipinski definition) is 3. The van der Waals surface area contributed by atoms with E-state index in [0.717, 1.165) is 5.56 Å². The summed E-state index contributed by atoms with van der Waals surface area (Å²) >= 11 is 0. The Balaban J connectivity index is 2.65. The van der Waals surface area contributed by atoms with Crippen molar-refractivity contribution in [2.75, 3.05) is 0 Å². The first-order valence-electron chi connectivity index (χ1n) is 4.14. The molecule has 2 rings (SSSR count). The Labute approximate surface area is 76.0 Å². The van der Waals surface area contributed by atoms with Gasteiger partial charge >= 0.3 is 5.97 Å². The second-order valence-electron chi connectivity index (χ2n) is 3.27. The number of aromatic hydroxyl groups is 1. The van der Waals surface area contributed by atoms with Crippen molar-refractivity contribution in [2.24, 2.45) is 0 Å². The van der Waals surface area contributed by atoms with Crippen molar-refractivity contribution in [1.82, 2.24) is 0 Å². The minimum atomic E-state index is -0.300. The first-order chi connectivity index (χ1) is 6.09. The van der Waals surface area contributed by atoms with Crippen molar-refractivity contribution in [3.05, 3.63) is 28.8 Å². The third kappa shape index (κ3) is 1.08. The zero-order valence-corrected chi connectivity index (χ0v) is 7.50. The molecule has 0 amide bonds. The Morgan fingerprint density at radius 1 is 1.46 bits per heavy atom. The van der Waals surface area contributed by atoms with Crippen molar-refractivity contribution in [3.8, 4) is 5.75 Å². The molecule has 3 heteroatoms. The van der Waals surface area contributed by atoms with Crippen molar-refractivity contribution in [1.29, 1.82) is 0 Å². The molecule has 0 spiro atoms. The molecule has 1 N–H and O–H groups in total. The third-order valence-corrected chi connectivity index (χ3v) is 2.31. The van der Waals surface area contributed by atoms with Crippen LogP contribution in [-0.2, 0) is 4.74 Å². The van der Waals surface area contributed by atoms with Gasteiger partial charge in [0.15, 0.2) is 0 Å². The maximum Gasteiger partial charge on any atom is 0.339 e. The number of aryl methyl sites for hydroxylation is 1. The van der Waals surface area contributed by atoms with Gasteiger partial charge < -0.3 is 9.84 Å². The van der Waals surface area contributed by atoms with Crippen LogP contribution in [0, 0.1) is 6.92 Å². The van der Waals surface area contributed by atoms with Crippen molar-refractivity contribution in [2.45, 2.75) is 20.0 Å². The van der Waals surface area contributed by atoms with Gasteiger partial charge in [-0.3, -0.25) is 0 Å². The molecule has 0 aromatic heterocycles. The highest BCUT2D eigenvalue weighted by Crippen LogP contribution is 2.34. The topological polar surface area (TPSA) is 46.5 Å². The molecule has 1 aromatic rings. The standard InChI is InChI=1S/C10H10O3/c1-5-3-8-7(4-9(5)11)6(2)13-10(8)12/h3-4,6,11H,1-2H3. The van der Waals surface area contributed by atoms with Gasteiger partial charge in [0.2, 0.25) is 0 Å². The van der Waals surface area contributed by atoms with Crippen LogP contribution in [0.4, 0.5) is 0 Å². The lowest BCUT2D eigenvalue weighted by Crippen LogP contribution is -1.94. The van der Waals surface area contributed by atoms with Crippen LogP contribution in [0.1, 0.15) is 34.5 Å². The van der Waals surface area contributed by atoms with Crippen LogP contribution in [0.5, 0.6) is 5.75 Å². The Kier molecular flexibility index (Phi) is 1.55. The zero-order valence-electron chi connectivity index (χ0n) is 7.50. The average Bonchev–Trinajstić information content (AvgIpc) is 2.31. The average molecular weight is 178 g/mol. The van der Waals surface area contributed by atoms with Gasteiger partial charge in [-0.2, -0.15) is 0 Å². The highest BCUT2D eigenvalue weighted by molar-refractivity contribution is 5.94. The van der Waals surface area contributed by atoms with Gasteiger partial charge in [0, 0.05) is 5.56 Å². The number of fused-ring (bicyclic) bond motifs is 1. The first kappa shape index (κ1) is 8.10. The van der Waals surface area contributed by atoms with E-state index in [1.165, 1.54) is 0 Å². The van der Waals surface area contributed by atoms with Crippen molar-refractivity contribution >= 4 is 5.97 Å². The number of carbonyl (C=O) groups excluding carboxylic acids is 1. The molecular formula is C10H10O3. The summed E-state index contributed by atoms with van der Waals surface area (Å²) in [4.78, 5) is 11.2. The third-order valence-electron chi connectivity index (χ3n) is 2.31. The van der Waals surface area contributed by atoms with Gasteiger partial charge in [0.05, 0.1) is 5.56 Å². The minimum absolute atomic E-state index is 0.212. The van der Waals surface area contributed by atoms with Crippen LogP contribution < -0.4 is 0 Å². The van der Waals surface area contributed by atoms with E-state index in [2.05, 4.69) is 0 Å². The normalized spacial score (nSPS) is 19.8. The maximum absolute atomic E-state index is 11.2. The van der Waals surface area contributed by atoms with Gasteiger partial charge in [0.1, 0.15) is 11.9 Å². The lowest BCUT2D eigenvalue weighted by molar-refractivity contribution is 0.0421. The fraction of sp³-hybridized carbons (Fsp3) is 0.300. The molecule has 1 aliphatic heterocycles. The summed E-state index contributed by atoms with van der Waals surface area (Å²) in [5.74, 6) is -0.0884. The van der Waals surface area contributed by atoms with Crippen LogP contribution in [-0.4, -0.2) is 11.1 Å². The van der Waals surface area contributed by atoms with Crippen LogP contribution in [0.3, 0.4) is 0 Å². The highest BCUT2D eigenvalue weighted by Gasteiger charge is 2.28. The maximum atomic E-state index is 11.2. The summed E-state index contributed by atoms with van der Waals surface area (Å²) in [5, 5.41) is 9.42. The summed E-state index contributed by atoms with van der Waals surface area (Å²) in [7, 11) is 0. The van der Waals surface area contributed by atoms with Crippen LogP contribution in [0.2, 0.25) is 0 Å². The monoisotopic (exact) mass is 178 g/mol. The molecule has 3 nitrogen and oxygen atoms in total. The number of cyclic esters (lactones) is 1. The van der Waals surface area contributed by atoms with E-state index in [1.54, 1.807) is 26.0 Å². The number of carbonyl (C=O) groups is 1. The number of phenolic OH excluding ortho intramolecular Hbond substituents is 1. The Morgan fingerprint density at radius 2 is 2.15 bits per heavy atom. The van der Waals surface area contributed by atoms with E-state index < -0.39 is 0 Å². The molecule has 1 unspecified atom stereocenters. The second-order valence-corrected chi connectivity index (χ2v) is 3.27. The number of esters is 1. The fourth-order valence-corrected chi connectivity index (χ4v) is 1.51. The molecular weight excluding hydrogens is 168 g/mol. The molecule has 0 bridgehead atoms. The molecule has 0 saturated heterocycles. The van der Waals surface area contributed by atoms with Gasteiger partial charge in [-0.15, -0.1) is 0 Å². The number of phenols is 1. The van der Waals surface area contributed by atoms with Crippen molar-refractivity contribution in [3.63, 3.8) is 0 Å². The minimum Gasteiger partial charge on any atom is -0.508 e. The van der Waals surface area contributed by atoms with E-state index in [9.17, 15) is 9.90 Å². The summed E-state index contributed by atoms with van der Waals surface area (Å²) in [6.07, 6.45) is -0.242. The quantitative estimate of drug-likeness (QED) is 0.617. The van der Waals surface area contributed by atoms with Gasteiger partial charge in [-0.25, -0.2) is 4.79 Å². The van der Waals surface area contributed by atoms with Gasteiger partial charge in [-0.1, -0.05) is 0 Å². The predicted molar refractivity (Wildman–Crippen MR) is 46.7 cm³/mol. The molecule has 13 heavy (non-hydrogen) atoms. The van der Waals surface area contributed by atoms with Crippen LogP contribution >= 0.6 is 0 Å².